The molecule has 2 aliphatic rings. The summed E-state index contributed by atoms with van der Waals surface area (Å²) in [5, 5.41) is 8.06. The van der Waals surface area contributed by atoms with Crippen LogP contribution >= 0.6 is 0 Å². The summed E-state index contributed by atoms with van der Waals surface area (Å²) < 4.78 is 28.9. The van der Waals surface area contributed by atoms with E-state index in [1.807, 2.05) is 37.3 Å². The quantitative estimate of drug-likeness (QED) is 0.439. The molecule has 0 amide bonds. The molecule has 0 bridgehead atoms. The molecule has 0 spiro atoms. The smallest absolute Gasteiger partial charge is 0.283 e. The number of anilines is 1. The van der Waals surface area contributed by atoms with Crippen molar-refractivity contribution in [2.45, 2.75) is 42.5 Å². The van der Waals surface area contributed by atoms with E-state index < -0.39 is 15.4 Å². The highest BCUT2D eigenvalue weighted by atomic mass is 32.2. The molecule has 2 aliphatic carbocycles. The van der Waals surface area contributed by atoms with Gasteiger partial charge in [-0.25, -0.2) is 9.97 Å². The van der Waals surface area contributed by atoms with Gasteiger partial charge in [-0.15, -0.1) is 5.10 Å². The lowest BCUT2D eigenvalue weighted by Crippen LogP contribution is -2.33. The predicted molar refractivity (Wildman–Crippen MR) is 135 cm³/mol. The zero-order valence-corrected chi connectivity index (χ0v) is 20.1. The number of aryl methyl sites for hydroxylation is 1. The van der Waals surface area contributed by atoms with Gasteiger partial charge in [0.05, 0.1) is 21.7 Å². The number of hydrogen-bond acceptors (Lipinski definition) is 6. The zero-order valence-electron chi connectivity index (χ0n) is 19.3. The third-order valence-electron chi connectivity index (χ3n) is 6.76. The first-order valence-corrected chi connectivity index (χ1v) is 13.1. The van der Waals surface area contributed by atoms with Crippen molar-refractivity contribution in [2.75, 3.05) is 5.32 Å². The minimum Gasteiger partial charge on any atom is -0.365 e. The van der Waals surface area contributed by atoms with Gasteiger partial charge in [-0.1, -0.05) is 60.2 Å². The number of allylic oxidation sites excluding steroid dienone is 1. The summed E-state index contributed by atoms with van der Waals surface area (Å²) in [4.78, 5) is 8.91. The van der Waals surface area contributed by atoms with Crippen LogP contribution in [0.5, 0.6) is 0 Å². The minimum absolute atomic E-state index is 0.216. The van der Waals surface area contributed by atoms with E-state index in [1.54, 1.807) is 30.5 Å². The summed E-state index contributed by atoms with van der Waals surface area (Å²) >= 11 is 0. The number of nitrogens with zero attached hydrogens (tertiary/aromatic N) is 4. The second-order valence-electron chi connectivity index (χ2n) is 9.23. The summed E-state index contributed by atoms with van der Waals surface area (Å²) in [7, 11) is -3.91. The Labute approximate surface area is 204 Å². The van der Waals surface area contributed by atoms with E-state index in [0.29, 0.717) is 24.0 Å². The zero-order chi connectivity index (χ0) is 24.0. The first-order valence-electron chi connectivity index (χ1n) is 11.7. The molecule has 4 aromatic rings. The van der Waals surface area contributed by atoms with Gasteiger partial charge in [0.15, 0.2) is 5.82 Å². The van der Waals surface area contributed by atoms with Crippen LogP contribution in [0.2, 0.25) is 0 Å². The molecule has 6 rings (SSSR count). The Morgan fingerprint density at radius 1 is 1.03 bits per heavy atom. The lowest BCUT2D eigenvalue weighted by Gasteiger charge is -2.33. The van der Waals surface area contributed by atoms with Gasteiger partial charge in [0.1, 0.15) is 6.33 Å². The number of rotatable bonds is 6. The van der Waals surface area contributed by atoms with Crippen LogP contribution in [-0.4, -0.2) is 33.6 Å². The molecule has 1 atom stereocenters. The maximum Gasteiger partial charge on any atom is 0.283 e. The molecule has 1 N–H and O–H groups in total. The van der Waals surface area contributed by atoms with Crippen molar-refractivity contribution < 1.29 is 8.42 Å². The van der Waals surface area contributed by atoms with Gasteiger partial charge in [-0.3, -0.25) is 0 Å². The van der Waals surface area contributed by atoms with Crippen LogP contribution in [-0.2, 0) is 21.9 Å². The maximum absolute atomic E-state index is 13.8. The molecule has 0 saturated heterocycles. The molecule has 1 fully saturated rings. The molecule has 8 heteroatoms. The van der Waals surface area contributed by atoms with Gasteiger partial charge in [0.25, 0.3) is 10.0 Å². The summed E-state index contributed by atoms with van der Waals surface area (Å²) in [6.07, 6.45) is 9.88. The minimum atomic E-state index is -3.91. The molecule has 0 aliphatic heterocycles. The Bertz CT molecular complexity index is 1470. The molecule has 176 valence electrons. The first-order chi connectivity index (χ1) is 17.0. The Balaban J connectivity index is 1.55. The van der Waals surface area contributed by atoms with Crippen LogP contribution in [0.3, 0.4) is 0 Å². The Morgan fingerprint density at radius 3 is 2.49 bits per heavy atom. The largest absolute Gasteiger partial charge is 0.365 e. The fourth-order valence-electron chi connectivity index (χ4n) is 4.68. The van der Waals surface area contributed by atoms with Gasteiger partial charge < -0.3 is 5.32 Å². The highest BCUT2D eigenvalue weighted by Crippen LogP contribution is 2.43. The Hall–Kier alpha value is -3.78. The van der Waals surface area contributed by atoms with Crippen LogP contribution in [0.1, 0.15) is 40.9 Å². The van der Waals surface area contributed by atoms with E-state index in [-0.39, 0.29) is 4.90 Å². The highest BCUT2D eigenvalue weighted by molar-refractivity contribution is 7.89. The molecular formula is C27H25N5O2S. The van der Waals surface area contributed by atoms with Crippen molar-refractivity contribution in [3.63, 3.8) is 0 Å². The van der Waals surface area contributed by atoms with Gasteiger partial charge in [0, 0.05) is 24.2 Å². The molecule has 0 radical (unpaired) electrons. The molecule has 1 saturated carbocycles. The topological polar surface area (TPSA) is 89.8 Å². The molecule has 35 heavy (non-hydrogen) atoms. The average molecular weight is 484 g/mol. The summed E-state index contributed by atoms with van der Waals surface area (Å²) in [6, 6.07) is 19.2. The van der Waals surface area contributed by atoms with E-state index in [1.165, 1.54) is 10.4 Å². The lowest BCUT2D eigenvalue weighted by atomic mass is 9.71. The molecular weight excluding hydrogens is 458 g/mol. The van der Waals surface area contributed by atoms with Crippen molar-refractivity contribution >= 4 is 21.9 Å². The standard InChI is InChI=1S/C27H25N5O2S/c1-19-7-11-22(12-8-19)35(33,34)32-24-17-27(20-5-3-2-4-6-20,25-14-16-28-18-29-25)15-13-23(24)26(31-32)30-21-9-10-21/h2-8,11-16,18,21H,9-10,17H2,1H3,(H,30,31). The highest BCUT2D eigenvalue weighted by Gasteiger charge is 2.41. The van der Waals surface area contributed by atoms with E-state index in [4.69, 9.17) is 0 Å². The summed E-state index contributed by atoms with van der Waals surface area (Å²) in [5.41, 5.74) is 3.62. The van der Waals surface area contributed by atoms with E-state index in [2.05, 4.69) is 38.6 Å². The number of aromatic nitrogens is 4. The van der Waals surface area contributed by atoms with E-state index in [9.17, 15) is 8.42 Å². The normalized spacial score (nSPS) is 19.3. The third-order valence-corrected chi connectivity index (χ3v) is 8.39. The Kier molecular flexibility index (Phi) is 5.07. The van der Waals surface area contributed by atoms with Crippen molar-refractivity contribution in [1.29, 1.82) is 0 Å². The van der Waals surface area contributed by atoms with Crippen LogP contribution < -0.4 is 5.32 Å². The van der Waals surface area contributed by atoms with E-state index in [0.717, 1.165) is 35.2 Å². The van der Waals surface area contributed by atoms with Crippen LogP contribution in [0.25, 0.3) is 6.08 Å². The second kappa shape index (κ2) is 8.16. The number of benzene rings is 2. The van der Waals surface area contributed by atoms with Crippen LogP contribution in [0.15, 0.2) is 84.2 Å². The van der Waals surface area contributed by atoms with Gasteiger partial charge >= 0.3 is 0 Å². The predicted octanol–water partition coefficient (Wildman–Crippen LogP) is 4.35. The van der Waals surface area contributed by atoms with Crippen LogP contribution in [0, 0.1) is 6.92 Å². The number of fused-ring (bicyclic) bond motifs is 1. The maximum atomic E-state index is 13.8. The number of hydrogen-bond donors (Lipinski definition) is 1. The SMILES string of the molecule is Cc1ccc(S(=O)(=O)n2nc(NC3CC3)c3c2CC(c2ccccc2)(c2ccncn2)C=C3)cc1. The molecule has 2 heterocycles. The van der Waals surface area contributed by atoms with Crippen LogP contribution in [0.4, 0.5) is 5.82 Å². The fourth-order valence-corrected chi connectivity index (χ4v) is 6.00. The summed E-state index contributed by atoms with van der Waals surface area (Å²) in [5.74, 6) is 0.610. The third kappa shape index (κ3) is 3.74. The van der Waals surface area contributed by atoms with Gasteiger partial charge in [-0.05, 0) is 43.5 Å². The molecule has 7 nitrogen and oxygen atoms in total. The fraction of sp³-hybridized carbons (Fsp3) is 0.222. The van der Waals surface area contributed by atoms with Crippen molar-refractivity contribution in [3.8, 4) is 0 Å². The van der Waals surface area contributed by atoms with Gasteiger partial charge in [-0.2, -0.15) is 12.5 Å². The molecule has 1 unspecified atom stereocenters. The van der Waals surface area contributed by atoms with Crippen molar-refractivity contribution in [3.05, 3.63) is 107 Å². The molecule has 2 aromatic carbocycles. The average Bonchev–Trinajstić information content (AvgIpc) is 3.64. The monoisotopic (exact) mass is 483 g/mol. The van der Waals surface area contributed by atoms with Crippen molar-refractivity contribution in [1.82, 2.24) is 19.2 Å². The molecule has 2 aromatic heterocycles. The van der Waals surface area contributed by atoms with Crippen molar-refractivity contribution in [2.24, 2.45) is 0 Å². The van der Waals surface area contributed by atoms with E-state index >= 15 is 0 Å². The first kappa shape index (κ1) is 21.7. The van der Waals surface area contributed by atoms with Gasteiger partial charge in [0.2, 0.25) is 0 Å². The number of nitrogens with one attached hydrogen (secondary N) is 1. The lowest BCUT2D eigenvalue weighted by molar-refractivity contribution is 0.560. The Morgan fingerprint density at radius 2 is 1.80 bits per heavy atom. The summed E-state index contributed by atoms with van der Waals surface area (Å²) in [6.45, 7) is 1.94. The second-order valence-corrected chi connectivity index (χ2v) is 11.0.